The van der Waals surface area contributed by atoms with Crippen molar-refractivity contribution in [2.24, 2.45) is 0 Å². The van der Waals surface area contributed by atoms with E-state index in [1.54, 1.807) is 0 Å². The zero-order valence-electron chi connectivity index (χ0n) is 5.74. The van der Waals surface area contributed by atoms with Gasteiger partial charge in [0.05, 0.1) is 13.3 Å². The molecule has 0 saturated carbocycles. The number of rotatable bonds is 2. The van der Waals surface area contributed by atoms with E-state index in [0.29, 0.717) is 10.9 Å². The molecule has 0 aromatic carbocycles. The van der Waals surface area contributed by atoms with Gasteiger partial charge in [0.25, 0.3) is 0 Å². The lowest BCUT2D eigenvalue weighted by Crippen LogP contribution is -1.96. The molecule has 0 amide bonds. The van der Waals surface area contributed by atoms with Crippen LogP contribution in [-0.4, -0.2) is 23.4 Å². The van der Waals surface area contributed by atoms with Crippen LogP contribution in [0.4, 0.5) is 0 Å². The normalized spacial score (nSPS) is 9.27. The Morgan fingerprint density at radius 2 is 2.45 bits per heavy atom. The molecular weight excluding hydrogens is 212 g/mol. The second-order valence-corrected chi connectivity index (χ2v) is 2.52. The van der Waals surface area contributed by atoms with Crippen molar-refractivity contribution < 1.29 is 9.53 Å². The summed E-state index contributed by atoms with van der Waals surface area (Å²) in [7, 11) is 1.44. The Bertz CT molecular complexity index is 277. The van der Waals surface area contributed by atoms with Crippen LogP contribution in [-0.2, 0) is 0 Å². The van der Waals surface area contributed by atoms with Crippen LogP contribution in [0.2, 0.25) is 0 Å². The highest BCUT2D eigenvalue weighted by Gasteiger charge is 2.04. The number of hydrogen-bond acceptors (Lipinski definition) is 4. The van der Waals surface area contributed by atoms with Crippen molar-refractivity contribution >= 4 is 22.2 Å². The molecule has 0 atom stereocenters. The summed E-state index contributed by atoms with van der Waals surface area (Å²) in [6, 6.07) is 0. The molecule has 5 heteroatoms. The predicted octanol–water partition coefficient (Wildman–Crippen LogP) is 1.06. The summed E-state index contributed by atoms with van der Waals surface area (Å²) in [5, 5.41) is 0. The third kappa shape index (κ3) is 1.74. The largest absolute Gasteiger partial charge is 0.479 e. The van der Waals surface area contributed by atoms with Gasteiger partial charge in [-0.1, -0.05) is 0 Å². The van der Waals surface area contributed by atoms with Gasteiger partial charge in [-0.15, -0.1) is 0 Å². The molecule has 0 aliphatic rings. The van der Waals surface area contributed by atoms with E-state index >= 15 is 0 Å². The quantitative estimate of drug-likeness (QED) is 0.695. The van der Waals surface area contributed by atoms with Crippen LogP contribution in [0, 0.1) is 0 Å². The molecule has 0 radical (unpaired) electrons. The zero-order chi connectivity index (χ0) is 8.27. The van der Waals surface area contributed by atoms with Crippen molar-refractivity contribution in [1.29, 1.82) is 0 Å². The predicted molar refractivity (Wildman–Crippen MR) is 41.7 cm³/mol. The zero-order valence-corrected chi connectivity index (χ0v) is 7.33. The molecule has 0 bridgehead atoms. The minimum absolute atomic E-state index is 0.196. The number of methoxy groups -OCH3 is 1. The molecule has 0 aliphatic heterocycles. The summed E-state index contributed by atoms with van der Waals surface area (Å²) in [5.41, 5.74) is 0.196. The minimum atomic E-state index is 0.196. The molecule has 1 aromatic rings. The summed E-state index contributed by atoms with van der Waals surface area (Å²) in [6.07, 6.45) is 2.06. The highest BCUT2D eigenvalue weighted by Crippen LogP contribution is 2.12. The minimum Gasteiger partial charge on any atom is -0.479 e. The number of halogens is 1. The third-order valence-corrected chi connectivity index (χ3v) is 1.42. The van der Waals surface area contributed by atoms with Gasteiger partial charge in [-0.05, 0) is 15.9 Å². The van der Waals surface area contributed by atoms with E-state index in [1.165, 1.54) is 13.3 Å². The standard InChI is InChI=1S/C6H5BrN2O2/c1-11-6-4(3-10)9-5(7)2-8-6/h2-3H,1H3. The SMILES string of the molecule is COc1ncc(Br)nc1C=O. The van der Waals surface area contributed by atoms with E-state index in [1.807, 2.05) is 0 Å². The molecule has 58 valence electrons. The van der Waals surface area contributed by atoms with Gasteiger partial charge in [-0.2, -0.15) is 0 Å². The number of aldehydes is 1. The van der Waals surface area contributed by atoms with Crippen LogP contribution < -0.4 is 4.74 Å². The first kappa shape index (κ1) is 8.13. The molecule has 0 N–H and O–H groups in total. The molecule has 0 spiro atoms. The number of carbonyl (C=O) groups is 1. The topological polar surface area (TPSA) is 52.1 Å². The van der Waals surface area contributed by atoms with Crippen molar-refractivity contribution in [2.75, 3.05) is 7.11 Å². The fourth-order valence-electron chi connectivity index (χ4n) is 0.604. The van der Waals surface area contributed by atoms with Gasteiger partial charge in [0, 0.05) is 0 Å². The molecule has 1 rings (SSSR count). The van der Waals surface area contributed by atoms with Crippen LogP contribution >= 0.6 is 15.9 Å². The Morgan fingerprint density at radius 1 is 1.73 bits per heavy atom. The van der Waals surface area contributed by atoms with Gasteiger partial charge in [-0.25, -0.2) is 9.97 Å². The second-order valence-electron chi connectivity index (χ2n) is 1.71. The maximum absolute atomic E-state index is 10.3. The molecule has 11 heavy (non-hydrogen) atoms. The van der Waals surface area contributed by atoms with E-state index < -0.39 is 0 Å². The second kappa shape index (κ2) is 3.43. The van der Waals surface area contributed by atoms with Crippen molar-refractivity contribution in [2.45, 2.75) is 0 Å². The van der Waals surface area contributed by atoms with Gasteiger partial charge < -0.3 is 4.74 Å². The lowest BCUT2D eigenvalue weighted by molar-refractivity contribution is 0.111. The van der Waals surface area contributed by atoms with Crippen LogP contribution in [0.5, 0.6) is 5.88 Å². The molecule has 1 heterocycles. The average molecular weight is 217 g/mol. The van der Waals surface area contributed by atoms with Crippen LogP contribution in [0.3, 0.4) is 0 Å². The van der Waals surface area contributed by atoms with Crippen molar-refractivity contribution in [3.8, 4) is 5.88 Å². The molecule has 0 aliphatic carbocycles. The Balaban J connectivity index is 3.16. The first-order chi connectivity index (χ1) is 5.27. The fraction of sp³-hybridized carbons (Fsp3) is 0.167. The number of aromatic nitrogens is 2. The van der Waals surface area contributed by atoms with E-state index in [0.717, 1.165) is 0 Å². The molecule has 1 aromatic heterocycles. The third-order valence-electron chi connectivity index (χ3n) is 1.04. The summed E-state index contributed by atoms with van der Waals surface area (Å²) < 4.78 is 5.28. The summed E-state index contributed by atoms with van der Waals surface area (Å²) in [4.78, 5) is 18.0. The molecule has 0 unspecified atom stereocenters. The highest BCUT2D eigenvalue weighted by atomic mass is 79.9. The lowest BCUT2D eigenvalue weighted by Gasteiger charge is -1.99. The number of carbonyl (C=O) groups excluding carboxylic acids is 1. The first-order valence-electron chi connectivity index (χ1n) is 2.79. The number of hydrogen-bond donors (Lipinski definition) is 0. The highest BCUT2D eigenvalue weighted by molar-refractivity contribution is 9.10. The fourth-order valence-corrected chi connectivity index (χ4v) is 0.897. The molecule has 0 saturated heterocycles. The Labute approximate surface area is 71.7 Å². The first-order valence-corrected chi connectivity index (χ1v) is 3.59. The average Bonchev–Trinajstić information content (AvgIpc) is 2.04. The van der Waals surface area contributed by atoms with Crippen molar-refractivity contribution in [3.63, 3.8) is 0 Å². The van der Waals surface area contributed by atoms with Gasteiger partial charge in [-0.3, -0.25) is 4.79 Å². The number of ether oxygens (including phenoxy) is 1. The van der Waals surface area contributed by atoms with Crippen molar-refractivity contribution in [3.05, 3.63) is 16.5 Å². The maximum Gasteiger partial charge on any atom is 0.243 e. The van der Waals surface area contributed by atoms with Crippen LogP contribution in [0.1, 0.15) is 10.5 Å². The van der Waals surface area contributed by atoms with Crippen molar-refractivity contribution in [1.82, 2.24) is 9.97 Å². The Kier molecular flexibility index (Phi) is 2.53. The summed E-state index contributed by atoms with van der Waals surface area (Å²) in [6.45, 7) is 0. The smallest absolute Gasteiger partial charge is 0.243 e. The van der Waals surface area contributed by atoms with Crippen LogP contribution in [0.25, 0.3) is 0 Å². The van der Waals surface area contributed by atoms with Gasteiger partial charge >= 0.3 is 0 Å². The van der Waals surface area contributed by atoms with Gasteiger partial charge in [0.15, 0.2) is 12.0 Å². The Morgan fingerprint density at radius 3 is 3.00 bits per heavy atom. The van der Waals surface area contributed by atoms with E-state index in [9.17, 15) is 4.79 Å². The van der Waals surface area contributed by atoms with Gasteiger partial charge in [0.1, 0.15) is 4.60 Å². The lowest BCUT2D eigenvalue weighted by atomic mass is 10.5. The van der Waals surface area contributed by atoms with Crippen LogP contribution in [0.15, 0.2) is 10.8 Å². The molecular formula is C6H5BrN2O2. The summed E-state index contributed by atoms with van der Waals surface area (Å²) >= 11 is 3.08. The van der Waals surface area contributed by atoms with E-state index in [-0.39, 0.29) is 11.6 Å². The number of nitrogens with zero attached hydrogens (tertiary/aromatic N) is 2. The van der Waals surface area contributed by atoms with E-state index in [2.05, 4.69) is 25.9 Å². The molecule has 0 fully saturated rings. The maximum atomic E-state index is 10.3. The monoisotopic (exact) mass is 216 g/mol. The van der Waals surface area contributed by atoms with Gasteiger partial charge in [0.2, 0.25) is 5.88 Å². The molecule has 4 nitrogen and oxygen atoms in total. The Hall–Kier alpha value is -0.970. The van der Waals surface area contributed by atoms with E-state index in [4.69, 9.17) is 4.74 Å². The summed E-state index contributed by atoms with van der Waals surface area (Å²) in [5.74, 6) is 0.239.